The number of hydrogen-bond donors (Lipinski definition) is 3. The van der Waals surface area contributed by atoms with Crippen molar-refractivity contribution in [2.75, 3.05) is 5.73 Å². The number of benzene rings is 1. The van der Waals surface area contributed by atoms with Crippen LogP contribution in [-0.2, 0) is 4.79 Å². The fourth-order valence-corrected chi connectivity index (χ4v) is 1.78. The number of nitrogens with one attached hydrogen (secondary N) is 1. The largest absolute Gasteiger partial charge is 0.398 e. The number of nitrogens with two attached hydrogens (primary N) is 2. The maximum absolute atomic E-state index is 12.1. The lowest BCUT2D eigenvalue weighted by Gasteiger charge is -2.20. The lowest BCUT2D eigenvalue weighted by Crippen LogP contribution is -2.47. The lowest BCUT2D eigenvalue weighted by atomic mass is 10.0. The molecule has 0 saturated heterocycles. The van der Waals surface area contributed by atoms with Crippen molar-refractivity contribution in [3.05, 3.63) is 29.3 Å². The van der Waals surface area contributed by atoms with Gasteiger partial charge >= 0.3 is 0 Å². The van der Waals surface area contributed by atoms with E-state index in [4.69, 9.17) is 11.5 Å². The minimum absolute atomic E-state index is 0.0725. The number of anilines is 1. The van der Waals surface area contributed by atoms with Gasteiger partial charge in [0.1, 0.15) is 6.04 Å². The van der Waals surface area contributed by atoms with E-state index in [0.717, 1.165) is 5.56 Å². The van der Waals surface area contributed by atoms with Gasteiger partial charge in [-0.3, -0.25) is 9.59 Å². The molecular formula is C13H19N3O2. The molecule has 0 aliphatic carbocycles. The molecule has 0 aromatic heterocycles. The Morgan fingerprint density at radius 3 is 2.33 bits per heavy atom. The molecular weight excluding hydrogens is 230 g/mol. The van der Waals surface area contributed by atoms with Crippen LogP contribution in [-0.4, -0.2) is 17.9 Å². The first kappa shape index (κ1) is 14.0. The molecule has 1 atom stereocenters. The predicted octanol–water partition coefficient (Wildman–Crippen LogP) is 0.817. The fraction of sp³-hybridized carbons (Fsp3) is 0.385. The van der Waals surface area contributed by atoms with Gasteiger partial charge in [-0.1, -0.05) is 26.0 Å². The topological polar surface area (TPSA) is 98.2 Å². The molecule has 0 saturated carbocycles. The van der Waals surface area contributed by atoms with E-state index >= 15 is 0 Å². The number of amides is 2. The van der Waals surface area contributed by atoms with Gasteiger partial charge in [-0.2, -0.15) is 0 Å². The van der Waals surface area contributed by atoms with Crippen molar-refractivity contribution in [1.82, 2.24) is 5.32 Å². The van der Waals surface area contributed by atoms with Crippen molar-refractivity contribution >= 4 is 17.5 Å². The quantitative estimate of drug-likeness (QED) is 0.689. The van der Waals surface area contributed by atoms with Crippen LogP contribution in [0.4, 0.5) is 5.69 Å². The summed E-state index contributed by atoms with van der Waals surface area (Å²) in [5, 5.41) is 2.62. The summed E-state index contributed by atoms with van der Waals surface area (Å²) in [6.07, 6.45) is 0. The fourth-order valence-electron chi connectivity index (χ4n) is 1.78. The Morgan fingerprint density at radius 2 is 1.89 bits per heavy atom. The molecule has 0 heterocycles. The Hall–Kier alpha value is -2.04. The third-order valence-corrected chi connectivity index (χ3v) is 2.79. The highest BCUT2D eigenvalue weighted by Gasteiger charge is 2.23. The van der Waals surface area contributed by atoms with Crippen LogP contribution < -0.4 is 16.8 Å². The van der Waals surface area contributed by atoms with Crippen molar-refractivity contribution in [3.8, 4) is 0 Å². The highest BCUT2D eigenvalue weighted by Crippen LogP contribution is 2.16. The van der Waals surface area contributed by atoms with E-state index in [1.54, 1.807) is 25.1 Å². The zero-order chi connectivity index (χ0) is 13.9. The number of hydrogen-bond acceptors (Lipinski definition) is 3. The van der Waals surface area contributed by atoms with Gasteiger partial charge in [-0.15, -0.1) is 0 Å². The summed E-state index contributed by atoms with van der Waals surface area (Å²) in [6, 6.07) is 4.52. The lowest BCUT2D eigenvalue weighted by molar-refractivity contribution is -0.120. The summed E-state index contributed by atoms with van der Waals surface area (Å²) in [4.78, 5) is 23.4. The number of aryl methyl sites for hydroxylation is 1. The van der Waals surface area contributed by atoms with E-state index in [1.807, 2.05) is 13.8 Å². The average Bonchev–Trinajstić information content (AvgIpc) is 2.24. The van der Waals surface area contributed by atoms with Gasteiger partial charge in [0, 0.05) is 5.69 Å². The molecule has 1 aromatic carbocycles. The average molecular weight is 249 g/mol. The van der Waals surface area contributed by atoms with E-state index < -0.39 is 11.9 Å². The Bertz CT molecular complexity index is 449. The van der Waals surface area contributed by atoms with Gasteiger partial charge in [0.05, 0.1) is 5.56 Å². The Kier molecular flexibility index (Phi) is 4.31. The molecule has 2 amide bonds. The number of nitrogen functional groups attached to an aromatic ring is 1. The first-order valence-corrected chi connectivity index (χ1v) is 5.79. The highest BCUT2D eigenvalue weighted by molar-refractivity contribution is 6.02. The zero-order valence-electron chi connectivity index (χ0n) is 10.9. The van der Waals surface area contributed by atoms with Crippen LogP contribution in [0.2, 0.25) is 0 Å². The van der Waals surface area contributed by atoms with Gasteiger partial charge in [0.2, 0.25) is 5.91 Å². The summed E-state index contributed by atoms with van der Waals surface area (Å²) >= 11 is 0. The van der Waals surface area contributed by atoms with Crippen molar-refractivity contribution < 1.29 is 9.59 Å². The summed E-state index contributed by atoms with van der Waals surface area (Å²) < 4.78 is 0. The van der Waals surface area contributed by atoms with Gasteiger partial charge < -0.3 is 16.8 Å². The van der Waals surface area contributed by atoms with Crippen molar-refractivity contribution in [2.45, 2.75) is 26.8 Å². The normalized spacial score (nSPS) is 12.2. The van der Waals surface area contributed by atoms with E-state index in [1.165, 1.54) is 0 Å². The predicted molar refractivity (Wildman–Crippen MR) is 70.9 cm³/mol. The molecule has 0 aliphatic heterocycles. The molecule has 98 valence electrons. The second kappa shape index (κ2) is 5.53. The smallest absolute Gasteiger partial charge is 0.254 e. The number of carbonyl (C=O) groups excluding carboxylic acids is 2. The van der Waals surface area contributed by atoms with E-state index in [2.05, 4.69) is 5.32 Å². The number of rotatable bonds is 4. The van der Waals surface area contributed by atoms with E-state index in [9.17, 15) is 9.59 Å². The maximum Gasteiger partial charge on any atom is 0.254 e. The van der Waals surface area contributed by atoms with Gasteiger partial charge in [-0.05, 0) is 24.5 Å². The van der Waals surface area contributed by atoms with Gasteiger partial charge in [0.15, 0.2) is 0 Å². The Labute approximate surface area is 107 Å². The molecule has 5 N–H and O–H groups in total. The second-order valence-corrected chi connectivity index (χ2v) is 4.64. The molecule has 5 nitrogen and oxygen atoms in total. The summed E-state index contributed by atoms with van der Waals surface area (Å²) in [7, 11) is 0. The molecule has 0 spiro atoms. The van der Waals surface area contributed by atoms with Crippen LogP contribution in [0.15, 0.2) is 18.2 Å². The molecule has 0 fully saturated rings. The van der Waals surface area contributed by atoms with Crippen LogP contribution in [0.1, 0.15) is 29.8 Å². The molecule has 0 bridgehead atoms. The second-order valence-electron chi connectivity index (χ2n) is 4.64. The maximum atomic E-state index is 12.1. The monoisotopic (exact) mass is 249 g/mol. The highest BCUT2D eigenvalue weighted by atomic mass is 16.2. The van der Waals surface area contributed by atoms with Crippen LogP contribution in [0, 0.1) is 12.8 Å². The molecule has 18 heavy (non-hydrogen) atoms. The molecule has 1 rings (SSSR count). The Balaban J connectivity index is 2.98. The molecule has 1 unspecified atom stereocenters. The third-order valence-electron chi connectivity index (χ3n) is 2.79. The van der Waals surface area contributed by atoms with Crippen LogP contribution in [0.25, 0.3) is 0 Å². The first-order chi connectivity index (χ1) is 8.34. The van der Waals surface area contributed by atoms with Crippen LogP contribution >= 0.6 is 0 Å². The molecule has 1 aromatic rings. The number of carbonyl (C=O) groups is 2. The molecule has 0 aliphatic rings. The summed E-state index contributed by atoms with van der Waals surface area (Å²) in [5.74, 6) is -0.995. The van der Waals surface area contributed by atoms with E-state index in [-0.39, 0.29) is 11.8 Å². The molecule has 0 radical (unpaired) electrons. The minimum atomic E-state index is -0.698. The minimum Gasteiger partial charge on any atom is -0.398 e. The van der Waals surface area contributed by atoms with Gasteiger partial charge in [0.25, 0.3) is 5.91 Å². The summed E-state index contributed by atoms with van der Waals surface area (Å²) in [6.45, 7) is 5.42. The first-order valence-electron chi connectivity index (χ1n) is 5.79. The standard InChI is InChI=1S/C13H19N3O2/c1-7(2)11(12(15)17)16-13(18)10-8(3)5-4-6-9(10)14/h4-7,11H,14H2,1-3H3,(H2,15,17)(H,16,18). The number of primary amides is 1. The zero-order valence-corrected chi connectivity index (χ0v) is 10.9. The van der Waals surface area contributed by atoms with Crippen LogP contribution in [0.3, 0.4) is 0 Å². The van der Waals surface area contributed by atoms with Crippen molar-refractivity contribution in [1.29, 1.82) is 0 Å². The van der Waals surface area contributed by atoms with Crippen molar-refractivity contribution in [3.63, 3.8) is 0 Å². The molecule has 5 heteroatoms. The van der Waals surface area contributed by atoms with E-state index in [0.29, 0.717) is 11.3 Å². The van der Waals surface area contributed by atoms with Gasteiger partial charge in [-0.25, -0.2) is 0 Å². The van der Waals surface area contributed by atoms with Crippen LogP contribution in [0.5, 0.6) is 0 Å². The third kappa shape index (κ3) is 3.00. The Morgan fingerprint density at radius 1 is 1.28 bits per heavy atom. The SMILES string of the molecule is Cc1cccc(N)c1C(=O)NC(C(N)=O)C(C)C. The van der Waals surface area contributed by atoms with Crippen molar-refractivity contribution in [2.24, 2.45) is 11.7 Å². The summed E-state index contributed by atoms with van der Waals surface area (Å²) in [5.41, 5.74) is 12.6.